The highest BCUT2D eigenvalue weighted by atomic mass is 16.5. The lowest BCUT2D eigenvalue weighted by atomic mass is 9.71. The van der Waals surface area contributed by atoms with E-state index in [1.807, 2.05) is 54.6 Å². The van der Waals surface area contributed by atoms with Crippen molar-refractivity contribution in [2.75, 3.05) is 7.11 Å². The molecule has 0 bridgehead atoms. The zero-order valence-corrected chi connectivity index (χ0v) is 22.0. The van der Waals surface area contributed by atoms with Gasteiger partial charge in [0.05, 0.1) is 12.6 Å². The number of nitrogens with zero attached hydrogens (tertiary/aromatic N) is 2. The van der Waals surface area contributed by atoms with Crippen molar-refractivity contribution in [3.63, 3.8) is 0 Å². The van der Waals surface area contributed by atoms with Crippen LogP contribution in [-0.2, 0) is 18.4 Å². The van der Waals surface area contributed by atoms with Crippen molar-refractivity contribution in [3.8, 4) is 11.5 Å². The quantitative estimate of drug-likeness (QED) is 0.249. The third-order valence-electron chi connectivity index (χ3n) is 7.99. The number of rotatable bonds is 8. The molecule has 40 heavy (non-hydrogen) atoms. The second-order valence-corrected chi connectivity index (χ2v) is 10.5. The molecule has 0 amide bonds. The first kappa shape index (κ1) is 24.3. The molecule has 2 aliphatic carbocycles. The Morgan fingerprint density at radius 3 is 2.42 bits per heavy atom. The summed E-state index contributed by atoms with van der Waals surface area (Å²) in [6.07, 6.45) is 5.68. The Balaban J connectivity index is 1.36. The standard InChI is InChI=1S/C33H27N3O4/c1-39-27-12-11-26(28-29(27)36-32(35-28)22-7-8-22)33(18-20-13-15-34-16-14-20)30(37)24-10-9-23(17-25(24)31(33)38)40-19-21-5-3-2-4-6-21/h2-6,9-17,22H,7-8,18-19H2,1H3,(H,35,36). The molecular weight excluding hydrogens is 502 g/mol. The van der Waals surface area contributed by atoms with Crippen LogP contribution in [0.4, 0.5) is 0 Å². The number of H-pyrrole nitrogens is 1. The van der Waals surface area contributed by atoms with E-state index in [1.54, 1.807) is 37.7 Å². The molecule has 2 heterocycles. The number of carbonyl (C=O) groups is 2. The van der Waals surface area contributed by atoms with Gasteiger partial charge in [-0.2, -0.15) is 0 Å². The van der Waals surface area contributed by atoms with Crippen LogP contribution in [0.3, 0.4) is 0 Å². The third kappa shape index (κ3) is 3.88. The van der Waals surface area contributed by atoms with Crippen molar-refractivity contribution >= 4 is 22.6 Å². The number of hydrogen-bond acceptors (Lipinski definition) is 6. The number of benzene rings is 3. The maximum Gasteiger partial charge on any atom is 0.182 e. The third-order valence-corrected chi connectivity index (χ3v) is 7.99. The van der Waals surface area contributed by atoms with E-state index in [0.29, 0.717) is 51.7 Å². The van der Waals surface area contributed by atoms with Gasteiger partial charge in [-0.25, -0.2) is 4.98 Å². The van der Waals surface area contributed by atoms with Gasteiger partial charge in [0.1, 0.15) is 34.9 Å². The van der Waals surface area contributed by atoms with Gasteiger partial charge in [0.2, 0.25) is 0 Å². The fourth-order valence-corrected chi connectivity index (χ4v) is 5.76. The molecule has 1 fully saturated rings. The summed E-state index contributed by atoms with van der Waals surface area (Å²) in [5.41, 5.74) is 3.03. The first-order valence-corrected chi connectivity index (χ1v) is 13.4. The number of methoxy groups -OCH3 is 1. The highest BCUT2D eigenvalue weighted by Gasteiger charge is 2.55. The topological polar surface area (TPSA) is 94.2 Å². The van der Waals surface area contributed by atoms with E-state index in [1.165, 1.54) is 0 Å². The molecule has 1 atom stereocenters. The van der Waals surface area contributed by atoms with Crippen LogP contribution in [0.25, 0.3) is 11.0 Å². The summed E-state index contributed by atoms with van der Waals surface area (Å²) in [6, 6.07) is 22.3. The summed E-state index contributed by atoms with van der Waals surface area (Å²) in [7, 11) is 1.61. The summed E-state index contributed by atoms with van der Waals surface area (Å²) in [5.74, 6) is 1.91. The van der Waals surface area contributed by atoms with E-state index in [4.69, 9.17) is 14.5 Å². The molecule has 5 aromatic rings. The van der Waals surface area contributed by atoms with Crippen LogP contribution in [0.5, 0.6) is 11.5 Å². The molecule has 1 saturated carbocycles. The number of ether oxygens (including phenoxy) is 2. The first-order valence-electron chi connectivity index (χ1n) is 13.4. The minimum absolute atomic E-state index is 0.190. The van der Waals surface area contributed by atoms with E-state index in [2.05, 4.69) is 9.97 Å². The smallest absolute Gasteiger partial charge is 0.182 e. The summed E-state index contributed by atoms with van der Waals surface area (Å²) < 4.78 is 11.7. The Bertz CT molecular complexity index is 1760. The Morgan fingerprint density at radius 1 is 0.900 bits per heavy atom. The molecule has 0 saturated heterocycles. The van der Waals surface area contributed by atoms with E-state index < -0.39 is 5.41 Å². The van der Waals surface area contributed by atoms with Gasteiger partial charge in [-0.05, 0) is 66.8 Å². The van der Waals surface area contributed by atoms with E-state index >= 15 is 0 Å². The average molecular weight is 530 g/mol. The molecule has 1 N–H and O–H groups in total. The van der Waals surface area contributed by atoms with Gasteiger partial charge in [0, 0.05) is 35.0 Å². The van der Waals surface area contributed by atoms with Crippen LogP contribution < -0.4 is 9.47 Å². The van der Waals surface area contributed by atoms with Crippen molar-refractivity contribution in [2.45, 2.75) is 37.2 Å². The lowest BCUT2D eigenvalue weighted by Gasteiger charge is -2.27. The molecule has 0 aliphatic heterocycles. The number of ketones is 2. The molecule has 0 radical (unpaired) electrons. The van der Waals surface area contributed by atoms with Crippen LogP contribution in [0, 0.1) is 0 Å². The number of hydrogen-bond donors (Lipinski definition) is 1. The van der Waals surface area contributed by atoms with Crippen LogP contribution in [-0.4, -0.2) is 33.6 Å². The minimum Gasteiger partial charge on any atom is -0.494 e. The van der Waals surface area contributed by atoms with Gasteiger partial charge in [-0.1, -0.05) is 36.4 Å². The Kier molecular flexibility index (Phi) is 5.73. The number of imidazole rings is 1. The number of fused-ring (bicyclic) bond motifs is 2. The summed E-state index contributed by atoms with van der Waals surface area (Å²) >= 11 is 0. The molecule has 2 aromatic heterocycles. The molecule has 1 unspecified atom stereocenters. The van der Waals surface area contributed by atoms with Crippen molar-refractivity contribution in [2.24, 2.45) is 0 Å². The zero-order chi connectivity index (χ0) is 27.3. The summed E-state index contributed by atoms with van der Waals surface area (Å²) in [6.45, 7) is 0.361. The zero-order valence-electron chi connectivity index (χ0n) is 22.0. The molecule has 7 nitrogen and oxygen atoms in total. The maximum absolute atomic E-state index is 14.6. The highest BCUT2D eigenvalue weighted by Crippen LogP contribution is 2.47. The monoisotopic (exact) mass is 529 g/mol. The predicted octanol–water partition coefficient (Wildman–Crippen LogP) is 5.98. The molecular formula is C33H27N3O4. The van der Waals surface area contributed by atoms with Crippen LogP contribution in [0.15, 0.2) is 85.2 Å². The molecule has 7 heteroatoms. The Morgan fingerprint density at radius 2 is 1.68 bits per heavy atom. The number of aromatic amines is 1. The Hall–Kier alpha value is -4.78. The number of nitrogens with one attached hydrogen (secondary N) is 1. The molecule has 7 rings (SSSR count). The predicted molar refractivity (Wildman–Crippen MR) is 150 cm³/mol. The van der Waals surface area contributed by atoms with Crippen molar-refractivity contribution in [1.82, 2.24) is 15.0 Å². The SMILES string of the molecule is COc1ccc(C2(Cc3ccncc3)C(=O)c3ccc(OCc4ccccc4)cc3C2=O)c2nc(C3CC3)[nH]c12. The van der Waals surface area contributed by atoms with Gasteiger partial charge in [0.25, 0.3) is 0 Å². The van der Waals surface area contributed by atoms with Crippen molar-refractivity contribution < 1.29 is 19.1 Å². The number of Topliss-reactive ketones (excluding diaryl/α,β-unsaturated/α-hetero) is 2. The lowest BCUT2D eigenvalue weighted by molar-refractivity contribution is 0.0794. The van der Waals surface area contributed by atoms with Gasteiger partial charge >= 0.3 is 0 Å². The molecule has 0 spiro atoms. The van der Waals surface area contributed by atoms with Gasteiger partial charge in [-0.3, -0.25) is 14.6 Å². The highest BCUT2D eigenvalue weighted by molar-refractivity contribution is 6.34. The summed E-state index contributed by atoms with van der Waals surface area (Å²) in [4.78, 5) is 41.5. The van der Waals surface area contributed by atoms with Crippen molar-refractivity contribution in [3.05, 3.63) is 119 Å². The number of aromatic nitrogens is 3. The van der Waals surface area contributed by atoms with Crippen LogP contribution in [0.2, 0.25) is 0 Å². The maximum atomic E-state index is 14.6. The van der Waals surface area contributed by atoms with Crippen LogP contribution in [0.1, 0.15) is 62.0 Å². The Labute approximate surface area is 231 Å². The van der Waals surface area contributed by atoms with Crippen molar-refractivity contribution in [1.29, 1.82) is 0 Å². The van der Waals surface area contributed by atoms with E-state index in [9.17, 15) is 9.59 Å². The summed E-state index contributed by atoms with van der Waals surface area (Å²) in [5, 5.41) is 0. The fraction of sp³-hybridized carbons (Fsp3) is 0.212. The first-order chi connectivity index (χ1) is 19.6. The second-order valence-electron chi connectivity index (χ2n) is 10.5. The fourth-order valence-electron chi connectivity index (χ4n) is 5.76. The number of carbonyl (C=O) groups excluding carboxylic acids is 2. The van der Waals surface area contributed by atoms with Crippen LogP contribution >= 0.6 is 0 Å². The van der Waals surface area contributed by atoms with E-state index in [0.717, 1.165) is 29.8 Å². The normalized spacial score (nSPS) is 18.2. The largest absolute Gasteiger partial charge is 0.494 e. The molecule has 198 valence electrons. The van der Waals surface area contributed by atoms with Gasteiger partial charge < -0.3 is 14.5 Å². The number of pyridine rings is 1. The molecule has 2 aliphatic rings. The second kappa shape index (κ2) is 9.45. The van der Waals surface area contributed by atoms with E-state index in [-0.39, 0.29) is 18.0 Å². The molecule has 3 aromatic carbocycles. The van der Waals surface area contributed by atoms with Gasteiger partial charge in [-0.15, -0.1) is 0 Å². The minimum atomic E-state index is -1.48. The average Bonchev–Trinajstić information content (AvgIpc) is 3.72. The lowest BCUT2D eigenvalue weighted by Crippen LogP contribution is -2.41. The van der Waals surface area contributed by atoms with Gasteiger partial charge in [0.15, 0.2) is 11.6 Å².